The summed E-state index contributed by atoms with van der Waals surface area (Å²) in [5, 5.41) is 10.9. The summed E-state index contributed by atoms with van der Waals surface area (Å²) in [5.41, 5.74) is 5.88. The van der Waals surface area contributed by atoms with Gasteiger partial charge in [0.25, 0.3) is 5.91 Å². The smallest absolute Gasteiger partial charge is 0.271 e. The monoisotopic (exact) mass is 403 g/mol. The van der Waals surface area contributed by atoms with Crippen molar-refractivity contribution in [2.24, 2.45) is 5.73 Å². The van der Waals surface area contributed by atoms with E-state index in [1.807, 2.05) is 0 Å². The molecule has 0 saturated heterocycles. The molecule has 0 bridgehead atoms. The van der Waals surface area contributed by atoms with Crippen LogP contribution in [-0.2, 0) is 9.84 Å². The topological polar surface area (TPSA) is 128 Å². The number of aromatic nitrogens is 3. The number of nitrogens with two attached hydrogens (primary N) is 1. The van der Waals surface area contributed by atoms with Crippen LogP contribution in [0.3, 0.4) is 0 Å². The normalized spacial score (nSPS) is 12.1. The second-order valence-electron chi connectivity index (χ2n) is 7.10. The third-order valence-electron chi connectivity index (χ3n) is 4.06. The zero-order chi connectivity index (χ0) is 20.7. The summed E-state index contributed by atoms with van der Waals surface area (Å²) >= 11 is 0. The van der Waals surface area contributed by atoms with Crippen molar-refractivity contribution in [2.45, 2.75) is 30.4 Å². The van der Waals surface area contributed by atoms with Gasteiger partial charge in [0.1, 0.15) is 5.82 Å². The maximum atomic E-state index is 13.5. The fourth-order valence-electron chi connectivity index (χ4n) is 2.53. The van der Waals surface area contributed by atoms with Crippen molar-refractivity contribution in [1.82, 2.24) is 15.2 Å². The molecule has 0 saturated carbocycles. The number of carbonyl (C=O) groups excluding carboxylic acids is 1. The minimum Gasteiger partial charge on any atom is -0.364 e. The van der Waals surface area contributed by atoms with Crippen LogP contribution in [0.4, 0.5) is 15.8 Å². The molecule has 0 aliphatic carbocycles. The largest absolute Gasteiger partial charge is 0.364 e. The lowest BCUT2D eigenvalue weighted by Crippen LogP contribution is -2.27. The van der Waals surface area contributed by atoms with Crippen LogP contribution in [0.15, 0.2) is 41.6 Å². The Labute approximate surface area is 160 Å². The number of pyridine rings is 1. The zero-order valence-electron chi connectivity index (χ0n) is 15.4. The minimum atomic E-state index is -3.66. The number of benzene rings is 1. The molecule has 146 valence electrons. The Morgan fingerprint density at radius 1 is 1.14 bits per heavy atom. The van der Waals surface area contributed by atoms with Gasteiger partial charge in [0.15, 0.2) is 15.5 Å². The molecule has 1 aromatic carbocycles. The second-order valence-corrected chi connectivity index (χ2v) is 9.80. The summed E-state index contributed by atoms with van der Waals surface area (Å²) in [6, 6.07) is 5.47. The molecule has 0 spiro atoms. The van der Waals surface area contributed by atoms with Gasteiger partial charge in [0.2, 0.25) is 0 Å². The van der Waals surface area contributed by atoms with Gasteiger partial charge < -0.3 is 11.1 Å². The Hall–Kier alpha value is -3.14. The van der Waals surface area contributed by atoms with E-state index in [9.17, 15) is 17.6 Å². The number of amides is 1. The first-order valence-electron chi connectivity index (χ1n) is 8.23. The molecule has 3 rings (SSSR count). The fraction of sp³-hybridized carbons (Fsp3) is 0.222. The van der Waals surface area contributed by atoms with E-state index in [0.29, 0.717) is 10.9 Å². The lowest BCUT2D eigenvalue weighted by atomic mass is 10.1. The number of fused-ring (bicyclic) bond motifs is 1. The van der Waals surface area contributed by atoms with Gasteiger partial charge in [-0.05, 0) is 39.0 Å². The Balaban J connectivity index is 2.28. The number of sulfone groups is 1. The quantitative estimate of drug-likeness (QED) is 0.685. The zero-order valence-corrected chi connectivity index (χ0v) is 16.2. The van der Waals surface area contributed by atoms with Gasteiger partial charge in [-0.3, -0.25) is 9.78 Å². The molecule has 0 aliphatic heterocycles. The number of carbonyl (C=O) groups is 1. The molecule has 0 unspecified atom stereocenters. The van der Waals surface area contributed by atoms with E-state index < -0.39 is 26.3 Å². The van der Waals surface area contributed by atoms with Crippen LogP contribution in [0.1, 0.15) is 31.3 Å². The van der Waals surface area contributed by atoms with E-state index in [1.165, 1.54) is 30.5 Å². The summed E-state index contributed by atoms with van der Waals surface area (Å²) in [6.45, 7) is 4.76. The predicted molar refractivity (Wildman–Crippen MR) is 102 cm³/mol. The van der Waals surface area contributed by atoms with Crippen LogP contribution in [0, 0.1) is 5.82 Å². The SMILES string of the molecule is CC(C)(C)S(=O)(=O)c1ccc2nnc(C(N)=O)c(Nc3cncc(F)c3)c2c1. The molecule has 1 amide bonds. The number of nitrogens with one attached hydrogen (secondary N) is 1. The van der Waals surface area contributed by atoms with Crippen LogP contribution in [0.25, 0.3) is 10.9 Å². The molecule has 2 heterocycles. The molecule has 3 aromatic rings. The van der Waals surface area contributed by atoms with Crippen LogP contribution in [0.5, 0.6) is 0 Å². The van der Waals surface area contributed by atoms with Gasteiger partial charge in [0.05, 0.1) is 38.9 Å². The highest BCUT2D eigenvalue weighted by Gasteiger charge is 2.31. The van der Waals surface area contributed by atoms with Crippen LogP contribution >= 0.6 is 0 Å². The van der Waals surface area contributed by atoms with Crippen LogP contribution < -0.4 is 11.1 Å². The summed E-state index contributed by atoms with van der Waals surface area (Å²) in [4.78, 5) is 15.6. The van der Waals surface area contributed by atoms with E-state index in [4.69, 9.17) is 5.73 Å². The molecule has 8 nitrogen and oxygen atoms in total. The van der Waals surface area contributed by atoms with Crippen molar-refractivity contribution < 1.29 is 17.6 Å². The van der Waals surface area contributed by atoms with Crippen molar-refractivity contribution >= 4 is 38.0 Å². The molecular weight excluding hydrogens is 385 g/mol. The van der Waals surface area contributed by atoms with Crippen LogP contribution in [-0.4, -0.2) is 34.3 Å². The van der Waals surface area contributed by atoms with E-state index in [-0.39, 0.29) is 22.0 Å². The van der Waals surface area contributed by atoms with Gasteiger partial charge in [-0.25, -0.2) is 12.8 Å². The van der Waals surface area contributed by atoms with Gasteiger partial charge in [-0.2, -0.15) is 0 Å². The Morgan fingerprint density at radius 2 is 1.86 bits per heavy atom. The van der Waals surface area contributed by atoms with Crippen molar-refractivity contribution in [3.63, 3.8) is 0 Å². The highest BCUT2D eigenvalue weighted by Crippen LogP contribution is 2.32. The Kier molecular flexibility index (Phi) is 4.76. The lowest BCUT2D eigenvalue weighted by molar-refractivity contribution is 0.0995. The lowest BCUT2D eigenvalue weighted by Gasteiger charge is -2.20. The predicted octanol–water partition coefficient (Wildman–Crippen LogP) is 2.58. The summed E-state index contributed by atoms with van der Waals surface area (Å²) in [5.74, 6) is -1.46. The molecule has 0 radical (unpaired) electrons. The molecule has 28 heavy (non-hydrogen) atoms. The molecular formula is C18H18FN5O3S. The Morgan fingerprint density at radius 3 is 2.46 bits per heavy atom. The van der Waals surface area contributed by atoms with Crippen LogP contribution in [0.2, 0.25) is 0 Å². The maximum Gasteiger partial charge on any atom is 0.271 e. The summed E-state index contributed by atoms with van der Waals surface area (Å²) < 4.78 is 38.1. The number of primary amides is 1. The van der Waals surface area contributed by atoms with E-state index >= 15 is 0 Å². The first-order valence-corrected chi connectivity index (χ1v) is 9.71. The van der Waals surface area contributed by atoms with E-state index in [0.717, 1.165) is 6.20 Å². The third kappa shape index (κ3) is 3.50. The average Bonchev–Trinajstić information content (AvgIpc) is 2.60. The number of hydrogen-bond donors (Lipinski definition) is 2. The van der Waals surface area contributed by atoms with Gasteiger partial charge in [-0.1, -0.05) is 0 Å². The van der Waals surface area contributed by atoms with E-state index in [2.05, 4.69) is 20.5 Å². The molecule has 0 atom stereocenters. The number of anilines is 2. The third-order valence-corrected chi connectivity index (χ3v) is 6.54. The molecule has 10 heteroatoms. The van der Waals surface area contributed by atoms with Crippen molar-refractivity contribution in [2.75, 3.05) is 5.32 Å². The Bertz CT molecular complexity index is 1190. The van der Waals surface area contributed by atoms with Gasteiger partial charge in [0, 0.05) is 11.5 Å². The van der Waals surface area contributed by atoms with Gasteiger partial charge >= 0.3 is 0 Å². The van der Waals surface area contributed by atoms with Crippen molar-refractivity contribution in [3.05, 3.63) is 48.2 Å². The minimum absolute atomic E-state index is 0.0522. The highest BCUT2D eigenvalue weighted by atomic mass is 32.2. The number of halogens is 1. The van der Waals surface area contributed by atoms with Crippen molar-refractivity contribution in [3.8, 4) is 0 Å². The van der Waals surface area contributed by atoms with E-state index in [1.54, 1.807) is 20.8 Å². The second kappa shape index (κ2) is 6.79. The molecule has 2 aromatic heterocycles. The fourth-order valence-corrected chi connectivity index (χ4v) is 3.76. The summed E-state index contributed by atoms with van der Waals surface area (Å²) in [6.07, 6.45) is 2.37. The standard InChI is InChI=1S/C18H18FN5O3S/c1-18(2,3)28(26,27)12-4-5-14-13(7-12)15(16(17(20)25)24-23-14)22-11-6-10(19)8-21-9-11/h4-9H,1-3H3,(H2,20,25)(H,22,23). The average molecular weight is 403 g/mol. The maximum absolute atomic E-state index is 13.5. The molecule has 0 aliphatic rings. The van der Waals surface area contributed by atoms with Crippen molar-refractivity contribution in [1.29, 1.82) is 0 Å². The molecule has 0 fully saturated rings. The number of rotatable bonds is 4. The van der Waals surface area contributed by atoms with Gasteiger partial charge in [-0.15, -0.1) is 10.2 Å². The number of nitrogens with zero attached hydrogens (tertiary/aromatic N) is 3. The first kappa shape index (κ1) is 19.6. The first-order chi connectivity index (χ1) is 13.0. The summed E-state index contributed by atoms with van der Waals surface area (Å²) in [7, 11) is -3.66. The highest BCUT2D eigenvalue weighted by molar-refractivity contribution is 7.92. The molecule has 3 N–H and O–H groups in total. The number of hydrogen-bond acceptors (Lipinski definition) is 7.